The highest BCUT2D eigenvalue weighted by Crippen LogP contribution is 2.52. The number of hydrogen-bond donors (Lipinski definition) is 0. The highest BCUT2D eigenvalue weighted by molar-refractivity contribution is 6.31. The van der Waals surface area contributed by atoms with Crippen molar-refractivity contribution in [3.8, 4) is 16.8 Å². The molecule has 0 fully saturated rings. The molecular weight excluding hydrogens is 619 g/mol. The monoisotopic (exact) mass is 649 g/mol. The lowest BCUT2D eigenvalue weighted by Crippen LogP contribution is -2.04. The fourth-order valence-corrected chi connectivity index (χ4v) is 9.61. The van der Waals surface area contributed by atoms with Crippen LogP contribution in [0.5, 0.6) is 0 Å². The topological polar surface area (TPSA) is 22.2 Å². The van der Waals surface area contributed by atoms with Crippen LogP contribution in [0, 0.1) is 0 Å². The van der Waals surface area contributed by atoms with Crippen LogP contribution in [0.4, 0.5) is 0 Å². The molecule has 238 valence electrons. The minimum atomic E-state index is 0.152. The van der Waals surface area contributed by atoms with Gasteiger partial charge in [-0.25, -0.2) is 4.98 Å². The van der Waals surface area contributed by atoms with Crippen LogP contribution in [0.2, 0.25) is 0 Å². The van der Waals surface area contributed by atoms with E-state index in [2.05, 4.69) is 167 Å². The Morgan fingerprint density at radius 3 is 2.14 bits per heavy atom. The summed E-state index contributed by atoms with van der Waals surface area (Å²) in [6, 6.07) is 56.0. The maximum atomic E-state index is 5.34. The Balaban J connectivity index is 1.25. The molecule has 0 N–H and O–H groups in total. The van der Waals surface area contributed by atoms with Gasteiger partial charge in [0.05, 0.1) is 22.1 Å². The van der Waals surface area contributed by atoms with Crippen LogP contribution in [0.3, 0.4) is 0 Å². The van der Waals surface area contributed by atoms with Gasteiger partial charge in [0, 0.05) is 50.1 Å². The Bertz CT molecular complexity index is 3200. The van der Waals surface area contributed by atoms with Gasteiger partial charge in [-0.15, -0.1) is 0 Å². The van der Waals surface area contributed by atoms with Crippen molar-refractivity contribution in [3.05, 3.63) is 175 Å². The van der Waals surface area contributed by atoms with Crippen molar-refractivity contribution in [1.82, 2.24) is 14.0 Å². The first-order valence-electron chi connectivity index (χ1n) is 18.0. The predicted octanol–water partition coefficient (Wildman–Crippen LogP) is 12.2. The molecule has 0 aliphatic heterocycles. The third kappa shape index (κ3) is 3.60. The number of nitrogens with zero attached hydrogens (tertiary/aromatic N) is 3. The quantitative estimate of drug-likeness (QED) is 0.183. The number of rotatable bonds is 2. The third-order valence-corrected chi connectivity index (χ3v) is 11.7. The number of hydrogen-bond acceptors (Lipinski definition) is 1. The normalized spacial score (nSPS) is 14.7. The van der Waals surface area contributed by atoms with Crippen molar-refractivity contribution in [2.45, 2.75) is 18.8 Å². The van der Waals surface area contributed by atoms with Crippen LogP contribution in [0.1, 0.15) is 29.0 Å². The molecule has 7 aromatic carbocycles. The van der Waals surface area contributed by atoms with Crippen molar-refractivity contribution >= 4 is 70.8 Å². The van der Waals surface area contributed by atoms with Crippen LogP contribution in [-0.2, 0) is 6.42 Å². The number of pyridine rings is 1. The van der Waals surface area contributed by atoms with Crippen LogP contribution in [0.15, 0.2) is 158 Å². The molecule has 1 aliphatic carbocycles. The van der Waals surface area contributed by atoms with Crippen LogP contribution < -0.4 is 0 Å². The van der Waals surface area contributed by atoms with Crippen molar-refractivity contribution in [1.29, 1.82) is 0 Å². The first kappa shape index (κ1) is 27.4. The summed E-state index contributed by atoms with van der Waals surface area (Å²) >= 11 is 0. The third-order valence-electron chi connectivity index (χ3n) is 11.7. The smallest absolute Gasteiger partial charge is 0.145 e. The maximum Gasteiger partial charge on any atom is 0.145 e. The van der Waals surface area contributed by atoms with Gasteiger partial charge in [-0.3, -0.25) is 4.57 Å². The van der Waals surface area contributed by atoms with Gasteiger partial charge < -0.3 is 4.40 Å². The molecule has 0 spiro atoms. The predicted molar refractivity (Wildman–Crippen MR) is 213 cm³/mol. The highest BCUT2D eigenvalue weighted by Gasteiger charge is 2.31. The molecule has 0 saturated carbocycles. The Morgan fingerprint density at radius 2 is 1.25 bits per heavy atom. The largest absolute Gasteiger partial charge is 0.308 e. The van der Waals surface area contributed by atoms with Crippen molar-refractivity contribution in [2.75, 3.05) is 0 Å². The van der Waals surface area contributed by atoms with E-state index >= 15 is 0 Å². The number of aryl methyl sites for hydroxylation is 1. The zero-order valence-corrected chi connectivity index (χ0v) is 27.8. The summed E-state index contributed by atoms with van der Waals surface area (Å²) in [6.07, 6.45) is 4.19. The molecule has 4 aromatic heterocycles. The van der Waals surface area contributed by atoms with E-state index in [1.54, 1.807) is 0 Å². The van der Waals surface area contributed by atoms with Gasteiger partial charge in [-0.2, -0.15) is 0 Å². The number of para-hydroxylation sites is 3. The Morgan fingerprint density at radius 1 is 0.529 bits per heavy atom. The SMILES string of the molecule is c1ccc(-n2c3ccccc3c3cc(C4CCc5ccccc5-c5cc6c7ccccc7n7c8ccc9ccccc9c8c(c54)c67)cnc32)cc1. The van der Waals surface area contributed by atoms with Crippen LogP contribution in [0.25, 0.3) is 87.6 Å². The summed E-state index contributed by atoms with van der Waals surface area (Å²) in [5.74, 6) is 0.152. The van der Waals surface area contributed by atoms with Gasteiger partial charge in [-0.05, 0) is 93.9 Å². The second kappa shape index (κ2) is 10.1. The fourth-order valence-electron chi connectivity index (χ4n) is 9.61. The molecule has 3 heteroatoms. The molecule has 4 heterocycles. The summed E-state index contributed by atoms with van der Waals surface area (Å²) in [5, 5.41) is 10.4. The van der Waals surface area contributed by atoms with E-state index in [1.807, 2.05) is 0 Å². The summed E-state index contributed by atoms with van der Waals surface area (Å²) in [7, 11) is 0. The average molecular weight is 650 g/mol. The first-order valence-corrected chi connectivity index (χ1v) is 18.0. The van der Waals surface area contributed by atoms with E-state index in [0.717, 1.165) is 24.2 Å². The Labute approximate surface area is 294 Å². The van der Waals surface area contributed by atoms with E-state index in [4.69, 9.17) is 4.98 Å². The van der Waals surface area contributed by atoms with E-state index in [1.165, 1.54) is 93.0 Å². The van der Waals surface area contributed by atoms with Crippen molar-refractivity contribution in [3.63, 3.8) is 0 Å². The minimum Gasteiger partial charge on any atom is -0.308 e. The molecule has 0 amide bonds. The standard InChI is InChI=1S/C48H31N3/c1-2-14-32(15-3-1)50-41-20-10-9-19-37(41)40-26-31(28-49-48(40)50)35-24-22-29-12-4-6-16-33(29)38-27-39-36-18-8-11-21-42(36)51-43-25-23-30-13-5-7-17-34(30)45(43)46(44(35)38)47(39)51/h1-21,23,25-28,35H,22,24H2. The molecular formula is C48H31N3. The summed E-state index contributed by atoms with van der Waals surface area (Å²) in [6.45, 7) is 0. The Hall–Kier alpha value is -6.45. The molecule has 0 bridgehead atoms. The highest BCUT2D eigenvalue weighted by atomic mass is 15.0. The summed E-state index contributed by atoms with van der Waals surface area (Å²) in [5.41, 5.74) is 14.0. The molecule has 11 aromatic rings. The summed E-state index contributed by atoms with van der Waals surface area (Å²) in [4.78, 5) is 5.34. The van der Waals surface area contributed by atoms with E-state index in [0.29, 0.717) is 0 Å². The van der Waals surface area contributed by atoms with Gasteiger partial charge in [0.15, 0.2) is 0 Å². The second-order valence-corrected chi connectivity index (χ2v) is 14.2. The molecule has 1 atom stereocenters. The molecule has 0 saturated heterocycles. The number of benzene rings is 7. The van der Waals surface area contributed by atoms with Gasteiger partial charge in [0.2, 0.25) is 0 Å². The maximum absolute atomic E-state index is 5.34. The number of fused-ring (bicyclic) bond motifs is 15. The fraction of sp³-hybridized carbons (Fsp3) is 0.0625. The Kier molecular flexibility index (Phi) is 5.40. The summed E-state index contributed by atoms with van der Waals surface area (Å²) < 4.78 is 4.86. The lowest BCUT2D eigenvalue weighted by Gasteiger charge is -2.21. The van der Waals surface area contributed by atoms with Gasteiger partial charge in [0.25, 0.3) is 0 Å². The van der Waals surface area contributed by atoms with E-state index < -0.39 is 0 Å². The lowest BCUT2D eigenvalue weighted by molar-refractivity contribution is 0.728. The lowest BCUT2D eigenvalue weighted by atomic mass is 9.82. The molecule has 51 heavy (non-hydrogen) atoms. The average Bonchev–Trinajstić information content (AvgIpc) is 3.79. The second-order valence-electron chi connectivity index (χ2n) is 14.2. The molecule has 0 radical (unpaired) electrons. The molecule has 1 aliphatic rings. The van der Waals surface area contributed by atoms with Gasteiger partial charge in [-0.1, -0.05) is 109 Å². The number of aromatic nitrogens is 3. The van der Waals surface area contributed by atoms with Gasteiger partial charge in [0.1, 0.15) is 5.65 Å². The zero-order valence-electron chi connectivity index (χ0n) is 27.8. The first-order chi connectivity index (χ1) is 25.3. The van der Waals surface area contributed by atoms with Crippen molar-refractivity contribution < 1.29 is 0 Å². The molecule has 12 rings (SSSR count). The minimum absolute atomic E-state index is 0.152. The van der Waals surface area contributed by atoms with Crippen LogP contribution >= 0.6 is 0 Å². The van der Waals surface area contributed by atoms with Gasteiger partial charge >= 0.3 is 0 Å². The molecule has 3 nitrogen and oxygen atoms in total. The molecule has 1 unspecified atom stereocenters. The van der Waals surface area contributed by atoms with Crippen molar-refractivity contribution in [2.24, 2.45) is 0 Å². The van der Waals surface area contributed by atoms with E-state index in [-0.39, 0.29) is 5.92 Å². The zero-order chi connectivity index (χ0) is 33.2. The van der Waals surface area contributed by atoms with E-state index in [9.17, 15) is 0 Å². The van der Waals surface area contributed by atoms with Crippen LogP contribution in [-0.4, -0.2) is 14.0 Å².